The molecule has 0 radical (unpaired) electrons. The summed E-state index contributed by atoms with van der Waals surface area (Å²) in [5.74, 6) is 1.28. The number of aliphatic hydroxyl groups excluding tert-OH is 1. The summed E-state index contributed by atoms with van der Waals surface area (Å²) in [4.78, 5) is 6.71. The van der Waals surface area contributed by atoms with E-state index in [0.29, 0.717) is 18.3 Å². The van der Waals surface area contributed by atoms with Crippen LogP contribution in [0.1, 0.15) is 31.6 Å². The maximum atomic E-state index is 9.51. The van der Waals surface area contributed by atoms with E-state index in [1.54, 1.807) is 11.3 Å². The number of hydrogen-bond donors (Lipinski definition) is 1. The average Bonchev–Trinajstić information content (AvgIpc) is 3.08. The second-order valence-corrected chi connectivity index (χ2v) is 5.96. The maximum Gasteiger partial charge on any atom is 0.241 e. The Kier molecular flexibility index (Phi) is 4.44. The summed E-state index contributed by atoms with van der Waals surface area (Å²) in [6, 6.07) is 2.20. The molecule has 6 heteroatoms. The lowest BCUT2D eigenvalue weighted by atomic mass is 10.1. The predicted octanol–water partition coefficient (Wildman–Crippen LogP) is 2.54. The molecule has 1 atom stereocenters. The van der Waals surface area contributed by atoms with E-state index < -0.39 is 0 Å². The number of thiophene rings is 1. The average molecular weight is 293 g/mol. The molecule has 1 fully saturated rings. The Balaban J connectivity index is 1.70. The Morgan fingerprint density at radius 2 is 2.35 bits per heavy atom. The first-order valence-electron chi connectivity index (χ1n) is 7.07. The van der Waals surface area contributed by atoms with Crippen molar-refractivity contribution in [1.29, 1.82) is 0 Å². The first-order valence-corrected chi connectivity index (χ1v) is 8.01. The van der Waals surface area contributed by atoms with Crippen LogP contribution in [-0.2, 0) is 6.54 Å². The van der Waals surface area contributed by atoms with Gasteiger partial charge in [0.05, 0.1) is 13.2 Å². The molecule has 0 bridgehead atoms. The van der Waals surface area contributed by atoms with Crippen molar-refractivity contribution in [3.63, 3.8) is 0 Å². The van der Waals surface area contributed by atoms with Gasteiger partial charge in [0.25, 0.3) is 0 Å². The minimum absolute atomic E-state index is 0.200. The molecule has 1 N–H and O–H groups in total. The van der Waals surface area contributed by atoms with Gasteiger partial charge in [-0.1, -0.05) is 18.0 Å². The van der Waals surface area contributed by atoms with Gasteiger partial charge in [-0.2, -0.15) is 16.3 Å². The highest BCUT2D eigenvalue weighted by Crippen LogP contribution is 2.21. The lowest BCUT2D eigenvalue weighted by Gasteiger charge is -2.26. The van der Waals surface area contributed by atoms with Crippen LogP contribution in [0.3, 0.4) is 0 Å². The molecule has 1 aliphatic heterocycles. The van der Waals surface area contributed by atoms with Crippen molar-refractivity contribution >= 4 is 11.3 Å². The number of nitrogens with zero attached hydrogens (tertiary/aromatic N) is 3. The molecule has 3 heterocycles. The normalized spacial score (nSPS) is 20.9. The standard InChI is InChI=1S/C14H19N3O2S/c18-9-12-4-2-1-3-6-17(12)8-13-15-14(16-19-13)11-5-7-20-10-11/h5,7,10,12,18H,1-4,6,8-9H2. The van der Waals surface area contributed by atoms with Crippen LogP contribution in [0.4, 0.5) is 0 Å². The lowest BCUT2D eigenvalue weighted by molar-refractivity contribution is 0.107. The molecule has 0 amide bonds. The van der Waals surface area contributed by atoms with Gasteiger partial charge in [0.15, 0.2) is 0 Å². The maximum absolute atomic E-state index is 9.51. The van der Waals surface area contributed by atoms with Crippen molar-refractivity contribution in [2.75, 3.05) is 13.2 Å². The van der Waals surface area contributed by atoms with E-state index in [2.05, 4.69) is 15.0 Å². The minimum atomic E-state index is 0.200. The van der Waals surface area contributed by atoms with Crippen molar-refractivity contribution in [1.82, 2.24) is 15.0 Å². The van der Waals surface area contributed by atoms with Gasteiger partial charge in [0.1, 0.15) is 0 Å². The molecule has 3 rings (SSSR count). The quantitative estimate of drug-likeness (QED) is 0.938. The highest BCUT2D eigenvalue weighted by molar-refractivity contribution is 7.08. The smallest absolute Gasteiger partial charge is 0.241 e. The third kappa shape index (κ3) is 3.08. The Labute approximate surface area is 122 Å². The molecular formula is C14H19N3O2S. The summed E-state index contributed by atoms with van der Waals surface area (Å²) in [7, 11) is 0. The van der Waals surface area contributed by atoms with Gasteiger partial charge in [0.2, 0.25) is 11.7 Å². The molecule has 108 valence electrons. The van der Waals surface area contributed by atoms with Crippen LogP contribution in [0.15, 0.2) is 21.3 Å². The fourth-order valence-corrected chi connectivity index (χ4v) is 3.29. The van der Waals surface area contributed by atoms with Gasteiger partial charge in [-0.25, -0.2) is 0 Å². The first kappa shape index (κ1) is 13.7. The van der Waals surface area contributed by atoms with Crippen molar-refractivity contribution in [2.45, 2.75) is 38.3 Å². The first-order chi connectivity index (χ1) is 9.86. The Morgan fingerprint density at radius 3 is 3.15 bits per heavy atom. The number of hydrogen-bond acceptors (Lipinski definition) is 6. The van der Waals surface area contributed by atoms with Gasteiger partial charge in [-0.3, -0.25) is 4.90 Å². The topological polar surface area (TPSA) is 62.4 Å². The molecule has 20 heavy (non-hydrogen) atoms. The van der Waals surface area contributed by atoms with Crippen LogP contribution in [0, 0.1) is 0 Å². The summed E-state index contributed by atoms with van der Waals surface area (Å²) in [6.45, 7) is 1.81. The van der Waals surface area contributed by atoms with Crippen LogP contribution >= 0.6 is 11.3 Å². The molecule has 0 aliphatic carbocycles. The Hall–Kier alpha value is -1.24. The number of rotatable bonds is 4. The third-order valence-corrected chi connectivity index (χ3v) is 4.48. The molecule has 0 saturated carbocycles. The monoisotopic (exact) mass is 293 g/mol. The van der Waals surface area contributed by atoms with Gasteiger partial charge in [-0.15, -0.1) is 0 Å². The Bertz CT molecular complexity index is 526. The van der Waals surface area contributed by atoms with Crippen molar-refractivity contribution in [2.24, 2.45) is 0 Å². The van der Waals surface area contributed by atoms with E-state index in [9.17, 15) is 5.11 Å². The van der Waals surface area contributed by atoms with Crippen LogP contribution < -0.4 is 0 Å². The van der Waals surface area contributed by atoms with Crippen molar-refractivity contribution in [3.8, 4) is 11.4 Å². The van der Waals surface area contributed by atoms with Crippen molar-refractivity contribution < 1.29 is 9.63 Å². The molecule has 1 unspecified atom stereocenters. The Morgan fingerprint density at radius 1 is 1.40 bits per heavy atom. The van der Waals surface area contributed by atoms with Gasteiger partial charge < -0.3 is 9.63 Å². The summed E-state index contributed by atoms with van der Waals surface area (Å²) < 4.78 is 5.35. The van der Waals surface area contributed by atoms with E-state index in [1.165, 1.54) is 19.3 Å². The van der Waals surface area contributed by atoms with E-state index in [-0.39, 0.29) is 12.6 Å². The minimum Gasteiger partial charge on any atom is -0.395 e. The number of likely N-dealkylation sites (tertiary alicyclic amines) is 1. The third-order valence-electron chi connectivity index (χ3n) is 3.80. The van der Waals surface area contributed by atoms with E-state index in [0.717, 1.165) is 18.5 Å². The lowest BCUT2D eigenvalue weighted by Crippen LogP contribution is -2.37. The second kappa shape index (κ2) is 6.47. The fraction of sp³-hybridized carbons (Fsp3) is 0.571. The van der Waals surface area contributed by atoms with Gasteiger partial charge >= 0.3 is 0 Å². The SMILES string of the molecule is OCC1CCCCCN1Cc1nc(-c2ccsc2)no1. The number of aliphatic hydroxyl groups is 1. The molecule has 2 aromatic heterocycles. The van der Waals surface area contributed by atoms with Gasteiger partial charge in [0, 0.05) is 17.0 Å². The van der Waals surface area contributed by atoms with E-state index in [4.69, 9.17) is 4.52 Å². The highest BCUT2D eigenvalue weighted by atomic mass is 32.1. The number of aromatic nitrogens is 2. The zero-order valence-electron chi connectivity index (χ0n) is 11.4. The molecule has 1 saturated heterocycles. The molecule has 5 nitrogen and oxygen atoms in total. The highest BCUT2D eigenvalue weighted by Gasteiger charge is 2.22. The summed E-state index contributed by atoms with van der Waals surface area (Å²) in [6.07, 6.45) is 4.63. The zero-order chi connectivity index (χ0) is 13.8. The summed E-state index contributed by atoms with van der Waals surface area (Å²) in [5, 5.41) is 17.6. The predicted molar refractivity (Wildman–Crippen MR) is 77.4 cm³/mol. The molecule has 0 aromatic carbocycles. The van der Waals surface area contributed by atoms with Crippen LogP contribution in [-0.4, -0.2) is 39.3 Å². The van der Waals surface area contributed by atoms with E-state index in [1.807, 2.05) is 16.8 Å². The van der Waals surface area contributed by atoms with Crippen molar-refractivity contribution in [3.05, 3.63) is 22.7 Å². The zero-order valence-corrected chi connectivity index (χ0v) is 12.2. The molecule has 0 spiro atoms. The summed E-state index contributed by atoms with van der Waals surface area (Å²) in [5.41, 5.74) is 1.000. The van der Waals surface area contributed by atoms with Crippen LogP contribution in [0.5, 0.6) is 0 Å². The van der Waals surface area contributed by atoms with E-state index >= 15 is 0 Å². The summed E-state index contributed by atoms with van der Waals surface area (Å²) >= 11 is 1.62. The molecule has 1 aliphatic rings. The van der Waals surface area contributed by atoms with Crippen LogP contribution in [0.25, 0.3) is 11.4 Å². The molecule has 2 aromatic rings. The molecular weight excluding hydrogens is 274 g/mol. The fourth-order valence-electron chi connectivity index (χ4n) is 2.65. The second-order valence-electron chi connectivity index (χ2n) is 5.18. The largest absolute Gasteiger partial charge is 0.395 e. The van der Waals surface area contributed by atoms with Gasteiger partial charge in [-0.05, 0) is 30.8 Å². The van der Waals surface area contributed by atoms with Crippen LogP contribution in [0.2, 0.25) is 0 Å².